The van der Waals surface area contributed by atoms with Crippen molar-refractivity contribution in [3.8, 4) is 0 Å². The van der Waals surface area contributed by atoms with Crippen molar-refractivity contribution in [2.75, 3.05) is 0 Å². The predicted molar refractivity (Wildman–Crippen MR) is 75.3 cm³/mol. The Kier molecular flexibility index (Phi) is 4.01. The molecule has 0 N–H and O–H groups in total. The molecule has 0 amide bonds. The Balaban J connectivity index is 2.91. The van der Waals surface area contributed by atoms with Gasteiger partial charge >= 0.3 is 0 Å². The molecule has 1 unspecified atom stereocenters. The molecule has 0 aromatic carbocycles. The first-order chi connectivity index (χ1) is 6.73. The fourth-order valence-electron chi connectivity index (χ4n) is 3.01. The van der Waals surface area contributed by atoms with Crippen molar-refractivity contribution in [1.29, 1.82) is 0 Å². The van der Waals surface area contributed by atoms with Crippen molar-refractivity contribution < 1.29 is 0 Å². The summed E-state index contributed by atoms with van der Waals surface area (Å²) in [7, 11) is -2.33. The third-order valence-electron chi connectivity index (χ3n) is 3.01. The lowest BCUT2D eigenvalue weighted by Gasteiger charge is -2.48. The maximum absolute atomic E-state index is 2.93. The first-order valence-corrected chi connectivity index (χ1v) is 13.1. The van der Waals surface area contributed by atoms with Gasteiger partial charge in [-0.2, -0.15) is 0 Å². The summed E-state index contributed by atoms with van der Waals surface area (Å²) in [5, 5.41) is 0. The van der Waals surface area contributed by atoms with Crippen LogP contribution in [0.3, 0.4) is 0 Å². The SMILES string of the molecule is C[Si](C)(C)N(C1C=CCCC1)[Si](C)(C)C. The van der Waals surface area contributed by atoms with E-state index in [9.17, 15) is 0 Å². The average molecular weight is 242 g/mol. The van der Waals surface area contributed by atoms with E-state index in [-0.39, 0.29) is 0 Å². The predicted octanol–water partition coefficient (Wildman–Crippen LogP) is 4.07. The monoisotopic (exact) mass is 241 g/mol. The van der Waals surface area contributed by atoms with Gasteiger partial charge in [-0.1, -0.05) is 51.4 Å². The standard InChI is InChI=1S/C12H27NSi2/c1-14(2,3)13(15(4,5)6)12-10-8-7-9-11-12/h8,10,12H,7,9,11H2,1-6H3. The van der Waals surface area contributed by atoms with E-state index in [1.54, 1.807) is 0 Å². The van der Waals surface area contributed by atoms with E-state index in [0.29, 0.717) is 0 Å². The zero-order valence-electron chi connectivity index (χ0n) is 11.3. The highest BCUT2D eigenvalue weighted by Crippen LogP contribution is 2.28. The van der Waals surface area contributed by atoms with Gasteiger partial charge in [0.25, 0.3) is 0 Å². The van der Waals surface area contributed by atoms with Gasteiger partial charge in [-0.3, -0.25) is 0 Å². The van der Waals surface area contributed by atoms with Crippen LogP contribution in [0.4, 0.5) is 0 Å². The molecule has 0 bridgehead atoms. The molecule has 1 aliphatic rings. The van der Waals surface area contributed by atoms with Gasteiger partial charge in [0.05, 0.1) is 0 Å². The zero-order chi connectivity index (χ0) is 11.7. The largest absolute Gasteiger partial charge is 0.340 e. The molecule has 0 radical (unpaired) electrons. The van der Waals surface area contributed by atoms with Crippen LogP contribution in [0.1, 0.15) is 19.3 Å². The first kappa shape index (κ1) is 13.2. The molecule has 1 atom stereocenters. The summed E-state index contributed by atoms with van der Waals surface area (Å²) in [4.78, 5) is 0. The van der Waals surface area contributed by atoms with E-state index in [0.717, 1.165) is 6.04 Å². The number of rotatable bonds is 3. The molecular formula is C12H27NSi2. The van der Waals surface area contributed by atoms with Crippen LogP contribution in [-0.2, 0) is 0 Å². The minimum absolute atomic E-state index is 0.747. The number of hydrogen-bond donors (Lipinski definition) is 0. The van der Waals surface area contributed by atoms with Gasteiger partial charge < -0.3 is 4.23 Å². The normalized spacial score (nSPS) is 23.5. The van der Waals surface area contributed by atoms with Crippen molar-refractivity contribution >= 4 is 16.5 Å². The van der Waals surface area contributed by atoms with Gasteiger partial charge in [-0.25, -0.2) is 0 Å². The van der Waals surface area contributed by atoms with Crippen LogP contribution in [0.2, 0.25) is 39.3 Å². The highest BCUT2D eigenvalue weighted by molar-refractivity contribution is 6.89. The molecule has 0 spiro atoms. The Hall–Kier alpha value is 0.134. The highest BCUT2D eigenvalue weighted by Gasteiger charge is 2.38. The fraction of sp³-hybridized carbons (Fsp3) is 0.833. The molecule has 1 nitrogen and oxygen atoms in total. The van der Waals surface area contributed by atoms with Gasteiger partial charge in [0.15, 0.2) is 0 Å². The summed E-state index contributed by atoms with van der Waals surface area (Å²) < 4.78 is 2.93. The molecule has 0 saturated carbocycles. The summed E-state index contributed by atoms with van der Waals surface area (Å²) in [5.74, 6) is 0. The Morgan fingerprint density at radius 2 is 1.53 bits per heavy atom. The van der Waals surface area contributed by atoms with E-state index in [4.69, 9.17) is 0 Å². The van der Waals surface area contributed by atoms with E-state index in [1.807, 2.05) is 0 Å². The highest BCUT2D eigenvalue weighted by atomic mass is 28.4. The minimum atomic E-state index is -1.17. The van der Waals surface area contributed by atoms with Gasteiger partial charge in [-0.15, -0.1) is 0 Å². The fourth-order valence-corrected chi connectivity index (χ4v) is 13.5. The third-order valence-corrected chi connectivity index (χ3v) is 10.6. The summed E-state index contributed by atoms with van der Waals surface area (Å²) in [6, 6.07) is 0.747. The molecular weight excluding hydrogens is 214 g/mol. The van der Waals surface area contributed by atoms with Crippen LogP contribution < -0.4 is 0 Å². The second-order valence-corrected chi connectivity index (χ2v) is 16.7. The maximum Gasteiger partial charge on any atom is 0.112 e. The smallest absolute Gasteiger partial charge is 0.112 e. The van der Waals surface area contributed by atoms with E-state index in [1.165, 1.54) is 19.3 Å². The van der Waals surface area contributed by atoms with Crippen LogP contribution in [0.25, 0.3) is 0 Å². The number of hydrogen-bond acceptors (Lipinski definition) is 1. The van der Waals surface area contributed by atoms with Crippen molar-refractivity contribution in [2.24, 2.45) is 0 Å². The number of allylic oxidation sites excluding steroid dienone is 1. The molecule has 88 valence electrons. The summed E-state index contributed by atoms with van der Waals surface area (Å²) in [6.07, 6.45) is 8.92. The second kappa shape index (κ2) is 4.56. The summed E-state index contributed by atoms with van der Waals surface area (Å²) in [6.45, 7) is 15.0. The van der Waals surface area contributed by atoms with Gasteiger partial charge in [0.2, 0.25) is 0 Å². The Labute approximate surface area is 97.7 Å². The third kappa shape index (κ3) is 3.57. The summed E-state index contributed by atoms with van der Waals surface area (Å²) in [5.41, 5.74) is 0. The number of nitrogens with zero attached hydrogens (tertiary/aromatic N) is 1. The van der Waals surface area contributed by atoms with Crippen LogP contribution in [0.15, 0.2) is 12.2 Å². The molecule has 1 aliphatic carbocycles. The van der Waals surface area contributed by atoms with Crippen molar-refractivity contribution in [2.45, 2.75) is 64.6 Å². The molecule has 0 aromatic rings. The lowest BCUT2D eigenvalue weighted by atomic mass is 10.0. The van der Waals surface area contributed by atoms with Crippen molar-refractivity contribution in [3.63, 3.8) is 0 Å². The van der Waals surface area contributed by atoms with Crippen LogP contribution in [0, 0.1) is 0 Å². The lowest BCUT2D eigenvalue weighted by molar-refractivity contribution is 0.458. The molecule has 15 heavy (non-hydrogen) atoms. The van der Waals surface area contributed by atoms with Gasteiger partial charge in [0.1, 0.15) is 16.5 Å². The van der Waals surface area contributed by atoms with Crippen molar-refractivity contribution in [3.05, 3.63) is 12.2 Å². The van der Waals surface area contributed by atoms with E-state index < -0.39 is 16.5 Å². The van der Waals surface area contributed by atoms with Crippen LogP contribution >= 0.6 is 0 Å². The summed E-state index contributed by atoms with van der Waals surface area (Å²) >= 11 is 0. The minimum Gasteiger partial charge on any atom is -0.340 e. The van der Waals surface area contributed by atoms with Crippen LogP contribution in [0.5, 0.6) is 0 Å². The molecule has 3 heteroatoms. The van der Waals surface area contributed by atoms with E-state index >= 15 is 0 Å². The quantitative estimate of drug-likeness (QED) is 0.532. The van der Waals surface area contributed by atoms with E-state index in [2.05, 4.69) is 55.7 Å². The molecule has 0 heterocycles. The molecule has 0 fully saturated rings. The molecule has 0 saturated heterocycles. The van der Waals surface area contributed by atoms with Gasteiger partial charge in [0, 0.05) is 6.04 Å². The average Bonchev–Trinajstić information content (AvgIpc) is 2.00. The lowest BCUT2D eigenvalue weighted by Crippen LogP contribution is -2.63. The molecule has 1 rings (SSSR count). The van der Waals surface area contributed by atoms with Crippen molar-refractivity contribution in [1.82, 2.24) is 4.23 Å². The first-order valence-electron chi connectivity index (χ1n) is 6.19. The Morgan fingerprint density at radius 3 is 1.87 bits per heavy atom. The topological polar surface area (TPSA) is 3.24 Å². The Morgan fingerprint density at radius 1 is 1.00 bits per heavy atom. The van der Waals surface area contributed by atoms with Gasteiger partial charge in [-0.05, 0) is 19.3 Å². The molecule has 0 aliphatic heterocycles. The molecule has 0 aromatic heterocycles. The van der Waals surface area contributed by atoms with Crippen LogP contribution in [-0.4, -0.2) is 26.7 Å². The second-order valence-electron chi connectivity index (χ2n) is 6.64. The maximum atomic E-state index is 2.93. The Bertz CT molecular complexity index is 221. The zero-order valence-corrected chi connectivity index (χ0v) is 13.3.